The van der Waals surface area contributed by atoms with Crippen LogP contribution in [0.1, 0.15) is 49.0 Å². The van der Waals surface area contributed by atoms with Crippen LogP contribution in [0, 0.1) is 0 Å². The first-order valence-electron chi connectivity index (χ1n) is 11.3. The molecule has 1 aromatic heterocycles. The number of nitrogens with zero attached hydrogens (tertiary/aromatic N) is 4. The van der Waals surface area contributed by atoms with E-state index >= 15 is 0 Å². The Hall–Kier alpha value is -3.68. The first kappa shape index (κ1) is 22.5. The van der Waals surface area contributed by atoms with Crippen LogP contribution in [0.15, 0.2) is 61.2 Å². The third-order valence-corrected chi connectivity index (χ3v) is 5.98. The lowest BCUT2D eigenvalue weighted by Gasteiger charge is -2.38. The van der Waals surface area contributed by atoms with E-state index in [2.05, 4.69) is 29.2 Å². The van der Waals surface area contributed by atoms with Gasteiger partial charge in [-0.3, -0.25) is 9.59 Å². The smallest absolute Gasteiger partial charge is 0.260 e. The van der Waals surface area contributed by atoms with E-state index in [0.29, 0.717) is 23.5 Å². The molecule has 1 aliphatic rings. The molecule has 0 radical (unpaired) electrons. The van der Waals surface area contributed by atoms with Gasteiger partial charge in [0, 0.05) is 23.3 Å². The second-order valence-corrected chi connectivity index (χ2v) is 8.49. The van der Waals surface area contributed by atoms with Crippen LogP contribution in [-0.2, 0) is 11.3 Å². The molecule has 2 atom stereocenters. The summed E-state index contributed by atoms with van der Waals surface area (Å²) in [4.78, 5) is 31.1. The van der Waals surface area contributed by atoms with Crippen molar-refractivity contribution in [2.75, 3.05) is 11.9 Å². The zero-order chi connectivity index (χ0) is 23.2. The van der Waals surface area contributed by atoms with Gasteiger partial charge in [0.05, 0.1) is 6.54 Å². The Bertz CT molecular complexity index is 1050. The molecule has 0 spiro atoms. The first-order chi connectivity index (χ1) is 16.0. The van der Waals surface area contributed by atoms with Crippen molar-refractivity contribution in [1.82, 2.24) is 19.7 Å². The van der Waals surface area contributed by atoms with Gasteiger partial charge in [-0.15, -0.1) is 0 Å². The molecule has 0 aliphatic carbocycles. The summed E-state index contributed by atoms with van der Waals surface area (Å²) in [6.07, 6.45) is 6.38. The largest absolute Gasteiger partial charge is 0.484 e. The predicted molar refractivity (Wildman–Crippen MR) is 125 cm³/mol. The van der Waals surface area contributed by atoms with Gasteiger partial charge in [0.25, 0.3) is 11.8 Å². The van der Waals surface area contributed by atoms with E-state index in [1.54, 1.807) is 35.3 Å². The summed E-state index contributed by atoms with van der Waals surface area (Å²) < 4.78 is 7.43. The number of amides is 2. The Balaban J connectivity index is 1.28. The highest BCUT2D eigenvalue weighted by atomic mass is 16.5. The van der Waals surface area contributed by atoms with E-state index in [0.717, 1.165) is 24.8 Å². The van der Waals surface area contributed by atoms with Crippen molar-refractivity contribution < 1.29 is 14.3 Å². The van der Waals surface area contributed by atoms with Crippen LogP contribution in [0.25, 0.3) is 0 Å². The van der Waals surface area contributed by atoms with Crippen LogP contribution in [-0.4, -0.2) is 50.2 Å². The van der Waals surface area contributed by atoms with Crippen LogP contribution < -0.4 is 10.1 Å². The number of carbonyl (C=O) groups excluding carboxylic acids is 2. The summed E-state index contributed by atoms with van der Waals surface area (Å²) in [5.41, 5.74) is 2.28. The van der Waals surface area contributed by atoms with Gasteiger partial charge in [0.2, 0.25) is 0 Å². The zero-order valence-corrected chi connectivity index (χ0v) is 19.0. The zero-order valence-electron chi connectivity index (χ0n) is 19.0. The average Bonchev–Trinajstić information content (AvgIpc) is 3.32. The second kappa shape index (κ2) is 10.3. The molecular weight excluding hydrogens is 418 g/mol. The highest BCUT2D eigenvalue weighted by Crippen LogP contribution is 2.23. The number of piperidine rings is 1. The monoisotopic (exact) mass is 447 g/mol. The van der Waals surface area contributed by atoms with Crippen molar-refractivity contribution in [3.05, 3.63) is 72.3 Å². The predicted octanol–water partition coefficient (Wildman–Crippen LogP) is 3.75. The van der Waals surface area contributed by atoms with Gasteiger partial charge in [0.1, 0.15) is 18.4 Å². The van der Waals surface area contributed by atoms with Gasteiger partial charge in [-0.05, 0) is 75.1 Å². The number of rotatable bonds is 7. The fraction of sp³-hybridized carbons (Fsp3) is 0.360. The van der Waals surface area contributed by atoms with Gasteiger partial charge in [-0.2, -0.15) is 5.10 Å². The van der Waals surface area contributed by atoms with E-state index < -0.39 is 0 Å². The summed E-state index contributed by atoms with van der Waals surface area (Å²) in [5, 5.41) is 6.98. The maximum atomic E-state index is 12.6. The second-order valence-electron chi connectivity index (χ2n) is 8.49. The average molecular weight is 448 g/mol. The molecule has 1 fully saturated rings. The Labute approximate surface area is 193 Å². The van der Waals surface area contributed by atoms with Crippen molar-refractivity contribution in [2.45, 2.75) is 51.7 Å². The van der Waals surface area contributed by atoms with E-state index in [1.807, 2.05) is 29.2 Å². The maximum Gasteiger partial charge on any atom is 0.260 e. The molecule has 3 aromatic rings. The minimum absolute atomic E-state index is 0.00116. The molecule has 0 saturated carbocycles. The molecule has 2 heterocycles. The number of nitrogens with one attached hydrogen (secondary N) is 1. The van der Waals surface area contributed by atoms with Crippen molar-refractivity contribution in [1.29, 1.82) is 0 Å². The molecular formula is C25H29N5O3. The fourth-order valence-electron chi connectivity index (χ4n) is 4.23. The quantitative estimate of drug-likeness (QED) is 0.596. The van der Waals surface area contributed by atoms with Crippen molar-refractivity contribution >= 4 is 17.5 Å². The van der Waals surface area contributed by atoms with Crippen molar-refractivity contribution in [2.24, 2.45) is 0 Å². The van der Waals surface area contributed by atoms with Crippen LogP contribution in [0.2, 0.25) is 0 Å². The molecule has 2 unspecified atom stereocenters. The molecule has 4 rings (SSSR count). The molecule has 2 aromatic carbocycles. The van der Waals surface area contributed by atoms with Gasteiger partial charge in [-0.1, -0.05) is 12.1 Å². The van der Waals surface area contributed by atoms with E-state index in [4.69, 9.17) is 4.74 Å². The molecule has 33 heavy (non-hydrogen) atoms. The highest BCUT2D eigenvalue weighted by Gasteiger charge is 2.28. The third kappa shape index (κ3) is 5.77. The number of ether oxygens (including phenoxy) is 1. The topological polar surface area (TPSA) is 89.4 Å². The van der Waals surface area contributed by atoms with E-state index in [-0.39, 0.29) is 30.5 Å². The van der Waals surface area contributed by atoms with Crippen molar-refractivity contribution in [3.63, 3.8) is 0 Å². The molecule has 1 saturated heterocycles. The maximum absolute atomic E-state index is 12.6. The molecule has 0 bridgehead atoms. The van der Waals surface area contributed by atoms with Crippen LogP contribution >= 0.6 is 0 Å². The molecule has 1 N–H and O–H groups in total. The minimum atomic E-state index is -0.211. The van der Waals surface area contributed by atoms with Gasteiger partial charge < -0.3 is 15.0 Å². The lowest BCUT2D eigenvalue weighted by Crippen LogP contribution is -2.49. The summed E-state index contributed by atoms with van der Waals surface area (Å²) in [6, 6.07) is 14.9. The lowest BCUT2D eigenvalue weighted by molar-refractivity contribution is -0.139. The van der Waals surface area contributed by atoms with Gasteiger partial charge in [-0.25, -0.2) is 9.67 Å². The van der Waals surface area contributed by atoms with Crippen LogP contribution in [0.5, 0.6) is 5.75 Å². The highest BCUT2D eigenvalue weighted by molar-refractivity contribution is 6.04. The van der Waals surface area contributed by atoms with Crippen LogP contribution in [0.4, 0.5) is 5.69 Å². The Kier molecular flexibility index (Phi) is 7.02. The number of hydrogen-bond acceptors (Lipinski definition) is 5. The normalized spacial score (nSPS) is 18.1. The molecule has 1 aliphatic heterocycles. The Morgan fingerprint density at radius 1 is 1.03 bits per heavy atom. The van der Waals surface area contributed by atoms with Gasteiger partial charge >= 0.3 is 0 Å². The van der Waals surface area contributed by atoms with Crippen molar-refractivity contribution in [3.8, 4) is 5.75 Å². The standard InChI is InChI=1S/C25H29N5O3/c1-18-4-3-5-19(2)30(18)24(31)15-33-23-12-8-21(9-13-23)25(32)28-22-10-6-20(7-11-22)14-29-17-26-16-27-29/h6-13,16-19H,3-5,14-15H2,1-2H3,(H,28,32). The summed E-state index contributed by atoms with van der Waals surface area (Å²) in [5.74, 6) is 0.357. The number of aromatic nitrogens is 3. The first-order valence-corrected chi connectivity index (χ1v) is 11.3. The number of carbonyl (C=O) groups is 2. The summed E-state index contributed by atoms with van der Waals surface area (Å²) >= 11 is 0. The number of anilines is 1. The fourth-order valence-corrected chi connectivity index (χ4v) is 4.23. The minimum Gasteiger partial charge on any atom is -0.484 e. The molecule has 2 amide bonds. The van der Waals surface area contributed by atoms with E-state index in [1.165, 1.54) is 6.33 Å². The summed E-state index contributed by atoms with van der Waals surface area (Å²) in [6.45, 7) is 4.80. The molecule has 8 nitrogen and oxygen atoms in total. The van der Waals surface area contributed by atoms with E-state index in [9.17, 15) is 9.59 Å². The van der Waals surface area contributed by atoms with Gasteiger partial charge in [0.15, 0.2) is 6.61 Å². The Morgan fingerprint density at radius 3 is 2.36 bits per heavy atom. The molecule has 172 valence electrons. The van der Waals surface area contributed by atoms with Crippen LogP contribution in [0.3, 0.4) is 0 Å². The lowest BCUT2D eigenvalue weighted by atomic mass is 9.97. The summed E-state index contributed by atoms with van der Waals surface area (Å²) in [7, 11) is 0. The third-order valence-electron chi connectivity index (χ3n) is 5.98. The molecule has 8 heteroatoms. The number of hydrogen-bond donors (Lipinski definition) is 1. The number of likely N-dealkylation sites (tertiary alicyclic amines) is 1. The Morgan fingerprint density at radius 2 is 1.73 bits per heavy atom. The number of benzene rings is 2. The SMILES string of the molecule is CC1CCCC(C)N1C(=O)COc1ccc(C(=O)Nc2ccc(Cn3cncn3)cc2)cc1.